The van der Waals surface area contributed by atoms with Crippen LogP contribution >= 0.6 is 0 Å². The van der Waals surface area contributed by atoms with Crippen molar-refractivity contribution in [2.75, 3.05) is 14.2 Å². The first kappa shape index (κ1) is 13.9. The van der Waals surface area contributed by atoms with Gasteiger partial charge in [0.2, 0.25) is 0 Å². The van der Waals surface area contributed by atoms with Crippen LogP contribution in [0.3, 0.4) is 0 Å². The summed E-state index contributed by atoms with van der Waals surface area (Å²) in [6.07, 6.45) is 3.54. The lowest BCUT2D eigenvalue weighted by atomic mass is 10.1. The molecule has 0 saturated carbocycles. The van der Waals surface area contributed by atoms with Gasteiger partial charge in [-0.3, -0.25) is 4.98 Å². The zero-order chi connectivity index (χ0) is 13.7. The number of methoxy groups -OCH3 is 2. The molecule has 2 rings (SSSR count). The molecule has 0 spiro atoms. The molecule has 4 heteroatoms. The van der Waals surface area contributed by atoms with Gasteiger partial charge in [-0.05, 0) is 17.9 Å². The Bertz CT molecular complexity index is 521. The number of rotatable bonds is 6. The van der Waals surface area contributed by atoms with Crippen LogP contribution in [0.5, 0.6) is 0 Å². The normalized spacial score (nSPS) is 13.1. The second kappa shape index (κ2) is 6.61. The molecule has 1 N–H and O–H groups in total. The molecule has 4 nitrogen and oxygen atoms in total. The highest BCUT2D eigenvalue weighted by Gasteiger charge is 2.15. The molecule has 0 aliphatic heterocycles. The number of nitrogens with one attached hydrogen (secondary N) is 1. The smallest absolute Gasteiger partial charge is 0.171 e. The Kier molecular flexibility index (Phi) is 4.85. The number of pyridine rings is 1. The fourth-order valence-electron chi connectivity index (χ4n) is 2.19. The number of fused-ring (bicyclic) bond motifs is 1. The highest BCUT2D eigenvalue weighted by Crippen LogP contribution is 2.17. The summed E-state index contributed by atoms with van der Waals surface area (Å²) in [5, 5.41) is 5.79. The summed E-state index contributed by atoms with van der Waals surface area (Å²) >= 11 is 0. The molecular weight excluding hydrogens is 240 g/mol. The molecular formula is C15H20N2O2. The third-order valence-electron chi connectivity index (χ3n) is 3.24. The minimum Gasteiger partial charge on any atom is -0.354 e. The van der Waals surface area contributed by atoms with E-state index in [1.807, 2.05) is 31.5 Å². The van der Waals surface area contributed by atoms with E-state index >= 15 is 0 Å². The number of hydrogen-bond acceptors (Lipinski definition) is 4. The molecule has 1 unspecified atom stereocenters. The van der Waals surface area contributed by atoms with Crippen LogP contribution < -0.4 is 5.32 Å². The van der Waals surface area contributed by atoms with Gasteiger partial charge in [0.05, 0.1) is 6.04 Å². The van der Waals surface area contributed by atoms with Gasteiger partial charge in [-0.15, -0.1) is 0 Å². The van der Waals surface area contributed by atoms with Gasteiger partial charge in [0.15, 0.2) is 6.29 Å². The van der Waals surface area contributed by atoms with Crippen molar-refractivity contribution in [3.8, 4) is 0 Å². The van der Waals surface area contributed by atoms with Crippen LogP contribution in [0, 0.1) is 0 Å². The molecule has 1 heterocycles. The fourth-order valence-corrected chi connectivity index (χ4v) is 2.19. The summed E-state index contributed by atoms with van der Waals surface area (Å²) in [6, 6.07) is 8.36. The van der Waals surface area contributed by atoms with Crippen molar-refractivity contribution in [1.82, 2.24) is 10.3 Å². The number of benzene rings is 1. The van der Waals surface area contributed by atoms with Crippen molar-refractivity contribution in [1.29, 1.82) is 0 Å². The van der Waals surface area contributed by atoms with Crippen LogP contribution in [0.4, 0.5) is 0 Å². The van der Waals surface area contributed by atoms with Gasteiger partial charge in [-0.1, -0.05) is 24.3 Å². The molecule has 1 aromatic heterocycles. The molecule has 0 aliphatic rings. The predicted molar refractivity (Wildman–Crippen MR) is 75.9 cm³/mol. The first-order chi connectivity index (χ1) is 9.26. The van der Waals surface area contributed by atoms with E-state index in [1.165, 1.54) is 10.9 Å². The van der Waals surface area contributed by atoms with E-state index in [2.05, 4.69) is 22.4 Å². The van der Waals surface area contributed by atoms with E-state index in [0.29, 0.717) is 0 Å². The average molecular weight is 260 g/mol. The first-order valence-electron chi connectivity index (χ1n) is 6.37. The summed E-state index contributed by atoms with van der Waals surface area (Å²) in [7, 11) is 3.29. The highest BCUT2D eigenvalue weighted by molar-refractivity contribution is 5.84. The third-order valence-corrected chi connectivity index (χ3v) is 3.24. The lowest BCUT2D eigenvalue weighted by molar-refractivity contribution is -0.119. The molecule has 1 aromatic carbocycles. The molecule has 0 aliphatic carbocycles. The van der Waals surface area contributed by atoms with Crippen molar-refractivity contribution >= 4 is 10.8 Å². The third kappa shape index (κ3) is 3.29. The summed E-state index contributed by atoms with van der Waals surface area (Å²) in [6.45, 7) is 2.77. The van der Waals surface area contributed by atoms with Crippen LogP contribution in [0.1, 0.15) is 12.5 Å². The Morgan fingerprint density at radius 3 is 2.63 bits per heavy atom. The van der Waals surface area contributed by atoms with Gasteiger partial charge >= 0.3 is 0 Å². The first-order valence-corrected chi connectivity index (χ1v) is 6.37. The Morgan fingerprint density at radius 1 is 1.16 bits per heavy atom. The molecule has 0 amide bonds. The molecule has 1 atom stereocenters. The topological polar surface area (TPSA) is 43.4 Å². The molecule has 0 saturated heterocycles. The Labute approximate surface area is 113 Å². The molecule has 19 heavy (non-hydrogen) atoms. The SMILES string of the molecule is COC(OC)C(C)NCc1cncc2ccccc12. The van der Waals surface area contributed by atoms with Gasteiger partial charge in [0.1, 0.15) is 0 Å². The van der Waals surface area contributed by atoms with Crippen LogP contribution in [-0.2, 0) is 16.0 Å². The minimum atomic E-state index is -0.247. The van der Waals surface area contributed by atoms with Gasteiger partial charge in [0, 0.05) is 38.5 Å². The van der Waals surface area contributed by atoms with Crippen LogP contribution in [0.25, 0.3) is 10.8 Å². The fraction of sp³-hybridized carbons (Fsp3) is 0.400. The average Bonchev–Trinajstić information content (AvgIpc) is 2.46. The summed E-state index contributed by atoms with van der Waals surface area (Å²) < 4.78 is 10.5. The Balaban J connectivity index is 2.09. The van der Waals surface area contributed by atoms with E-state index in [4.69, 9.17) is 9.47 Å². The maximum absolute atomic E-state index is 5.24. The molecule has 0 radical (unpaired) electrons. The lowest BCUT2D eigenvalue weighted by Crippen LogP contribution is -2.39. The van der Waals surface area contributed by atoms with Crippen LogP contribution in [0.2, 0.25) is 0 Å². The summed E-state index contributed by atoms with van der Waals surface area (Å²) in [5.74, 6) is 0. The van der Waals surface area contributed by atoms with Crippen molar-refractivity contribution < 1.29 is 9.47 Å². The Hall–Kier alpha value is -1.49. The Morgan fingerprint density at radius 2 is 1.89 bits per heavy atom. The molecule has 2 aromatic rings. The van der Waals surface area contributed by atoms with Crippen LogP contribution in [-0.4, -0.2) is 31.5 Å². The second-order valence-corrected chi connectivity index (χ2v) is 4.53. The van der Waals surface area contributed by atoms with Crippen molar-refractivity contribution in [2.45, 2.75) is 25.8 Å². The summed E-state index contributed by atoms with van der Waals surface area (Å²) in [5.41, 5.74) is 1.18. The van der Waals surface area contributed by atoms with Gasteiger partial charge < -0.3 is 14.8 Å². The molecule has 0 fully saturated rings. The molecule has 102 valence electrons. The zero-order valence-corrected chi connectivity index (χ0v) is 11.6. The van der Waals surface area contributed by atoms with Crippen molar-refractivity contribution in [2.24, 2.45) is 0 Å². The van der Waals surface area contributed by atoms with Crippen LogP contribution in [0.15, 0.2) is 36.7 Å². The van der Waals surface area contributed by atoms with E-state index in [1.54, 1.807) is 14.2 Å². The van der Waals surface area contributed by atoms with Crippen molar-refractivity contribution in [3.05, 3.63) is 42.2 Å². The lowest BCUT2D eigenvalue weighted by Gasteiger charge is -2.22. The zero-order valence-electron chi connectivity index (χ0n) is 11.6. The van der Waals surface area contributed by atoms with E-state index in [-0.39, 0.29) is 12.3 Å². The monoisotopic (exact) mass is 260 g/mol. The van der Waals surface area contributed by atoms with E-state index in [0.717, 1.165) is 11.9 Å². The maximum atomic E-state index is 5.24. The van der Waals surface area contributed by atoms with E-state index in [9.17, 15) is 0 Å². The predicted octanol–water partition coefficient (Wildman–Crippen LogP) is 2.33. The number of hydrogen-bond donors (Lipinski definition) is 1. The molecule has 0 bridgehead atoms. The standard InChI is InChI=1S/C15H20N2O2/c1-11(15(18-2)19-3)17-10-13-9-16-8-12-6-4-5-7-14(12)13/h4-9,11,15,17H,10H2,1-3H3. The second-order valence-electron chi connectivity index (χ2n) is 4.53. The van der Waals surface area contributed by atoms with E-state index < -0.39 is 0 Å². The van der Waals surface area contributed by atoms with Gasteiger partial charge in [-0.2, -0.15) is 0 Å². The van der Waals surface area contributed by atoms with Gasteiger partial charge in [-0.25, -0.2) is 0 Å². The summed E-state index contributed by atoms with van der Waals surface area (Å²) in [4.78, 5) is 4.27. The van der Waals surface area contributed by atoms with Gasteiger partial charge in [0.25, 0.3) is 0 Å². The number of aromatic nitrogens is 1. The highest BCUT2D eigenvalue weighted by atomic mass is 16.7. The largest absolute Gasteiger partial charge is 0.354 e. The quantitative estimate of drug-likeness (QED) is 0.810. The minimum absolute atomic E-state index is 0.106. The maximum Gasteiger partial charge on any atom is 0.171 e. The number of nitrogens with zero attached hydrogens (tertiary/aromatic N) is 1. The number of ether oxygens (including phenoxy) is 2. The van der Waals surface area contributed by atoms with Crippen molar-refractivity contribution in [3.63, 3.8) is 0 Å².